The lowest BCUT2D eigenvalue weighted by atomic mass is 10.0. The van der Waals surface area contributed by atoms with Gasteiger partial charge in [-0.25, -0.2) is 0 Å². The van der Waals surface area contributed by atoms with E-state index >= 15 is 0 Å². The number of amides is 1. The molecule has 1 fully saturated rings. The number of benzene rings is 2. The number of ether oxygens (including phenoxy) is 1. The highest BCUT2D eigenvalue weighted by Crippen LogP contribution is 2.30. The standard InChI is InChI=1S/C20H22N4O2.ClH/c1-26-19-9-5-3-7-16(19)18-13-21-10-11-23(18)20(25)14-24-17-8-4-2-6-15(17)12-22-24;/h2-9,12,18,21H,10-11,13-14H2,1H3;1H. The van der Waals surface area contributed by atoms with Gasteiger partial charge in [0.1, 0.15) is 12.3 Å². The monoisotopic (exact) mass is 386 g/mol. The molecule has 1 atom stereocenters. The molecule has 2 heterocycles. The molecule has 27 heavy (non-hydrogen) atoms. The summed E-state index contributed by atoms with van der Waals surface area (Å²) in [6, 6.07) is 15.8. The van der Waals surface area contributed by atoms with Crippen molar-refractivity contribution in [2.75, 3.05) is 26.7 Å². The van der Waals surface area contributed by atoms with Gasteiger partial charge in [0.15, 0.2) is 0 Å². The highest BCUT2D eigenvalue weighted by atomic mass is 35.5. The summed E-state index contributed by atoms with van der Waals surface area (Å²) >= 11 is 0. The lowest BCUT2D eigenvalue weighted by Gasteiger charge is -2.37. The average Bonchev–Trinajstić information content (AvgIpc) is 3.11. The number of fused-ring (bicyclic) bond motifs is 1. The van der Waals surface area contributed by atoms with Crippen LogP contribution in [0.15, 0.2) is 54.7 Å². The van der Waals surface area contributed by atoms with E-state index in [1.54, 1.807) is 18.0 Å². The molecular weight excluding hydrogens is 364 g/mol. The van der Waals surface area contributed by atoms with Crippen LogP contribution in [0.1, 0.15) is 11.6 Å². The summed E-state index contributed by atoms with van der Waals surface area (Å²) in [7, 11) is 1.66. The van der Waals surface area contributed by atoms with Crippen LogP contribution >= 0.6 is 12.4 Å². The number of para-hydroxylation sites is 2. The van der Waals surface area contributed by atoms with Gasteiger partial charge < -0.3 is 15.0 Å². The van der Waals surface area contributed by atoms with Gasteiger partial charge in [0.2, 0.25) is 5.91 Å². The molecule has 142 valence electrons. The number of carbonyl (C=O) groups is 1. The molecule has 4 rings (SSSR count). The van der Waals surface area contributed by atoms with E-state index in [1.165, 1.54) is 0 Å². The van der Waals surface area contributed by atoms with Crippen LogP contribution in [0.25, 0.3) is 10.9 Å². The van der Waals surface area contributed by atoms with Gasteiger partial charge >= 0.3 is 0 Å². The molecule has 2 aromatic carbocycles. The Labute approximate surface area is 164 Å². The zero-order valence-electron chi connectivity index (χ0n) is 15.2. The third-order valence-electron chi connectivity index (χ3n) is 4.90. The summed E-state index contributed by atoms with van der Waals surface area (Å²) in [5.41, 5.74) is 2.01. The van der Waals surface area contributed by atoms with Gasteiger partial charge in [0, 0.05) is 30.6 Å². The van der Waals surface area contributed by atoms with Gasteiger partial charge in [-0.05, 0) is 12.1 Å². The van der Waals surface area contributed by atoms with Crippen LogP contribution < -0.4 is 10.1 Å². The number of nitrogens with one attached hydrogen (secondary N) is 1. The van der Waals surface area contributed by atoms with Crippen LogP contribution in [0.4, 0.5) is 0 Å². The van der Waals surface area contributed by atoms with E-state index in [2.05, 4.69) is 10.4 Å². The summed E-state index contributed by atoms with van der Waals surface area (Å²) in [5.74, 6) is 0.875. The molecule has 0 spiro atoms. The Morgan fingerprint density at radius 3 is 2.85 bits per heavy atom. The molecule has 1 aliphatic heterocycles. The van der Waals surface area contributed by atoms with Crippen molar-refractivity contribution >= 4 is 29.2 Å². The maximum atomic E-state index is 13.1. The minimum absolute atomic E-state index is 0. The van der Waals surface area contributed by atoms with Crippen molar-refractivity contribution < 1.29 is 9.53 Å². The van der Waals surface area contributed by atoms with Crippen molar-refractivity contribution in [1.29, 1.82) is 0 Å². The second-order valence-corrected chi connectivity index (χ2v) is 6.41. The Morgan fingerprint density at radius 1 is 1.22 bits per heavy atom. The summed E-state index contributed by atoms with van der Waals surface area (Å²) in [4.78, 5) is 15.0. The number of halogens is 1. The minimum Gasteiger partial charge on any atom is -0.496 e. The van der Waals surface area contributed by atoms with Crippen LogP contribution in [0, 0.1) is 0 Å². The van der Waals surface area contributed by atoms with Crippen LogP contribution in [0.2, 0.25) is 0 Å². The Morgan fingerprint density at radius 2 is 2.00 bits per heavy atom. The van der Waals surface area contributed by atoms with Crippen molar-refractivity contribution in [1.82, 2.24) is 20.0 Å². The first-order valence-electron chi connectivity index (χ1n) is 8.81. The first-order chi connectivity index (χ1) is 12.8. The average molecular weight is 387 g/mol. The number of piperazine rings is 1. The SMILES string of the molecule is COc1ccccc1C1CNCCN1C(=O)Cn1ncc2ccccc21.Cl. The van der Waals surface area contributed by atoms with Crippen LogP contribution in [0.5, 0.6) is 5.75 Å². The zero-order chi connectivity index (χ0) is 17.9. The van der Waals surface area contributed by atoms with Crippen molar-refractivity contribution in [3.63, 3.8) is 0 Å². The molecule has 1 N–H and O–H groups in total. The van der Waals surface area contributed by atoms with Crippen molar-refractivity contribution in [2.45, 2.75) is 12.6 Å². The van der Waals surface area contributed by atoms with Gasteiger partial charge in [0.05, 0.1) is 24.9 Å². The normalized spacial score (nSPS) is 16.8. The van der Waals surface area contributed by atoms with E-state index in [4.69, 9.17) is 4.74 Å². The number of aromatic nitrogens is 2. The van der Waals surface area contributed by atoms with Gasteiger partial charge in [-0.15, -0.1) is 12.4 Å². The first-order valence-corrected chi connectivity index (χ1v) is 8.81. The third kappa shape index (κ3) is 3.77. The Kier molecular flexibility index (Phi) is 5.98. The Hall–Kier alpha value is -2.57. The Balaban J connectivity index is 0.00000210. The number of carbonyl (C=O) groups excluding carboxylic acids is 1. The molecule has 1 amide bonds. The maximum absolute atomic E-state index is 13.1. The van der Waals surface area contributed by atoms with E-state index in [1.807, 2.05) is 53.4 Å². The molecule has 7 heteroatoms. The Bertz CT molecular complexity index is 927. The summed E-state index contributed by atoms with van der Waals surface area (Å²) in [5, 5.41) is 8.82. The molecule has 1 saturated heterocycles. The summed E-state index contributed by atoms with van der Waals surface area (Å²) in [6.45, 7) is 2.41. The fourth-order valence-corrected chi connectivity index (χ4v) is 3.59. The minimum atomic E-state index is -0.0470. The number of nitrogens with zero attached hydrogens (tertiary/aromatic N) is 3. The quantitative estimate of drug-likeness (QED) is 0.748. The number of rotatable bonds is 4. The first kappa shape index (κ1) is 19.2. The molecule has 3 aromatic rings. The third-order valence-corrected chi connectivity index (χ3v) is 4.90. The van der Waals surface area contributed by atoms with E-state index in [0.29, 0.717) is 13.1 Å². The van der Waals surface area contributed by atoms with Crippen molar-refractivity contribution in [2.24, 2.45) is 0 Å². The van der Waals surface area contributed by atoms with Gasteiger partial charge in [-0.1, -0.05) is 36.4 Å². The number of hydrogen-bond donors (Lipinski definition) is 1. The van der Waals surface area contributed by atoms with Crippen molar-refractivity contribution in [3.05, 3.63) is 60.3 Å². The van der Waals surface area contributed by atoms with E-state index < -0.39 is 0 Å². The highest BCUT2D eigenvalue weighted by molar-refractivity contribution is 5.85. The van der Waals surface area contributed by atoms with Crippen LogP contribution in [-0.2, 0) is 11.3 Å². The van der Waals surface area contributed by atoms with Crippen LogP contribution in [0.3, 0.4) is 0 Å². The molecule has 6 nitrogen and oxygen atoms in total. The van der Waals surface area contributed by atoms with E-state index in [0.717, 1.165) is 28.8 Å². The molecule has 0 aliphatic carbocycles. The maximum Gasteiger partial charge on any atom is 0.244 e. The van der Waals surface area contributed by atoms with Gasteiger partial charge in [-0.3, -0.25) is 9.48 Å². The van der Waals surface area contributed by atoms with Crippen molar-refractivity contribution in [3.8, 4) is 5.75 Å². The zero-order valence-corrected chi connectivity index (χ0v) is 16.0. The largest absolute Gasteiger partial charge is 0.496 e. The van der Waals surface area contributed by atoms with Gasteiger partial charge in [-0.2, -0.15) is 5.10 Å². The number of methoxy groups -OCH3 is 1. The fraction of sp³-hybridized carbons (Fsp3) is 0.300. The molecule has 1 unspecified atom stereocenters. The predicted molar refractivity (Wildman–Crippen MR) is 107 cm³/mol. The lowest BCUT2D eigenvalue weighted by molar-refractivity contribution is -0.135. The lowest BCUT2D eigenvalue weighted by Crippen LogP contribution is -2.49. The van der Waals surface area contributed by atoms with E-state index in [9.17, 15) is 4.79 Å². The highest BCUT2D eigenvalue weighted by Gasteiger charge is 2.30. The molecular formula is C20H23ClN4O2. The van der Waals surface area contributed by atoms with Gasteiger partial charge in [0.25, 0.3) is 0 Å². The summed E-state index contributed by atoms with van der Waals surface area (Å²) < 4.78 is 7.28. The second kappa shape index (κ2) is 8.41. The van der Waals surface area contributed by atoms with E-state index in [-0.39, 0.29) is 30.9 Å². The molecule has 0 bridgehead atoms. The fourth-order valence-electron chi connectivity index (χ4n) is 3.59. The predicted octanol–water partition coefficient (Wildman–Crippen LogP) is 2.64. The molecule has 1 aromatic heterocycles. The number of hydrogen-bond acceptors (Lipinski definition) is 4. The second-order valence-electron chi connectivity index (χ2n) is 6.41. The van der Waals surface area contributed by atoms with Crippen LogP contribution in [-0.4, -0.2) is 47.3 Å². The molecule has 0 radical (unpaired) electrons. The molecule has 1 aliphatic rings. The summed E-state index contributed by atoms with van der Waals surface area (Å²) in [6.07, 6.45) is 1.80. The topological polar surface area (TPSA) is 59.4 Å². The smallest absolute Gasteiger partial charge is 0.244 e. The molecule has 0 saturated carbocycles.